The number of hydrogen-bond acceptors (Lipinski definition) is 6. The second kappa shape index (κ2) is 5.43. The van der Waals surface area contributed by atoms with E-state index in [1.807, 2.05) is 30.3 Å². The van der Waals surface area contributed by atoms with Gasteiger partial charge in [-0.25, -0.2) is 0 Å². The Kier molecular flexibility index (Phi) is 3.70. The average Bonchev–Trinajstić information content (AvgIpc) is 2.38. The van der Waals surface area contributed by atoms with Crippen LogP contribution in [-0.2, 0) is 4.79 Å². The highest BCUT2D eigenvalue weighted by Crippen LogP contribution is 2.17. The summed E-state index contributed by atoms with van der Waals surface area (Å²) in [6.07, 6.45) is 0. The summed E-state index contributed by atoms with van der Waals surface area (Å²) >= 11 is 0. The van der Waals surface area contributed by atoms with Crippen LogP contribution in [0.3, 0.4) is 0 Å². The van der Waals surface area contributed by atoms with E-state index in [0.717, 1.165) is 5.69 Å². The maximum atomic E-state index is 11.4. The van der Waals surface area contributed by atoms with Gasteiger partial charge < -0.3 is 11.1 Å². The highest BCUT2D eigenvalue weighted by molar-refractivity contribution is 5.82. The first-order valence-corrected chi connectivity index (χ1v) is 5.90. The Hall–Kier alpha value is -2.50. The molecule has 98 valence electrons. The fourth-order valence-corrected chi connectivity index (χ4v) is 1.49. The third-order valence-electron chi connectivity index (χ3n) is 2.70. The number of Topliss-reactive ketones (excluding diaryl/α,β-unsaturated/α-hetero) is 1. The topological polar surface area (TPSA) is 93.8 Å². The van der Waals surface area contributed by atoms with Gasteiger partial charge in [0.1, 0.15) is 11.6 Å². The van der Waals surface area contributed by atoms with Crippen molar-refractivity contribution in [1.82, 2.24) is 15.0 Å². The second-order valence-electron chi connectivity index (χ2n) is 4.20. The van der Waals surface area contributed by atoms with Crippen LogP contribution in [0.25, 0.3) is 0 Å². The molecule has 0 aliphatic rings. The number of carbonyl (C=O) groups excluding carboxylic acids is 1. The third kappa shape index (κ3) is 3.25. The van der Waals surface area contributed by atoms with Crippen molar-refractivity contribution >= 4 is 23.4 Å². The van der Waals surface area contributed by atoms with Crippen molar-refractivity contribution in [3.8, 4) is 0 Å². The largest absolute Gasteiger partial charge is 0.368 e. The van der Waals surface area contributed by atoms with E-state index in [4.69, 9.17) is 5.73 Å². The van der Waals surface area contributed by atoms with Crippen LogP contribution < -0.4 is 11.1 Å². The van der Waals surface area contributed by atoms with Gasteiger partial charge in [0.2, 0.25) is 11.9 Å². The molecular formula is C13H15N5O. The summed E-state index contributed by atoms with van der Waals surface area (Å²) in [5, 5.41) is 3.03. The van der Waals surface area contributed by atoms with Gasteiger partial charge in [-0.05, 0) is 26.0 Å². The van der Waals surface area contributed by atoms with Crippen molar-refractivity contribution in [2.45, 2.75) is 19.8 Å². The molecule has 0 radical (unpaired) electrons. The molecule has 0 aliphatic heterocycles. The summed E-state index contributed by atoms with van der Waals surface area (Å²) in [5.74, 6) is 0.384. The number of para-hydroxylation sites is 1. The van der Waals surface area contributed by atoms with Crippen molar-refractivity contribution in [2.24, 2.45) is 0 Å². The molecule has 0 aliphatic carbocycles. The van der Waals surface area contributed by atoms with Gasteiger partial charge in [0.15, 0.2) is 0 Å². The maximum Gasteiger partial charge on any atom is 0.232 e. The fraction of sp³-hybridized carbons (Fsp3) is 0.231. The van der Waals surface area contributed by atoms with Gasteiger partial charge in [0.05, 0.1) is 5.92 Å². The Balaban J connectivity index is 2.29. The molecule has 0 fully saturated rings. The average molecular weight is 257 g/mol. The first-order valence-electron chi connectivity index (χ1n) is 5.90. The van der Waals surface area contributed by atoms with Gasteiger partial charge in [-0.15, -0.1) is 0 Å². The molecular weight excluding hydrogens is 242 g/mol. The lowest BCUT2D eigenvalue weighted by atomic mass is 10.1. The molecule has 1 unspecified atom stereocenters. The second-order valence-corrected chi connectivity index (χ2v) is 4.20. The van der Waals surface area contributed by atoms with Gasteiger partial charge in [-0.1, -0.05) is 18.2 Å². The molecule has 6 heteroatoms. The van der Waals surface area contributed by atoms with E-state index in [2.05, 4.69) is 20.3 Å². The highest BCUT2D eigenvalue weighted by Gasteiger charge is 2.16. The number of ketones is 1. The zero-order valence-corrected chi connectivity index (χ0v) is 10.8. The number of nitrogens with two attached hydrogens (primary N) is 1. The van der Waals surface area contributed by atoms with Crippen molar-refractivity contribution in [3.63, 3.8) is 0 Å². The van der Waals surface area contributed by atoms with Gasteiger partial charge >= 0.3 is 0 Å². The van der Waals surface area contributed by atoms with E-state index in [1.165, 1.54) is 6.92 Å². The summed E-state index contributed by atoms with van der Waals surface area (Å²) in [6, 6.07) is 9.47. The number of nitrogens with one attached hydrogen (secondary N) is 1. The van der Waals surface area contributed by atoms with Gasteiger partial charge in [-0.3, -0.25) is 4.79 Å². The Morgan fingerprint density at radius 2 is 1.89 bits per heavy atom. The molecule has 1 heterocycles. The van der Waals surface area contributed by atoms with Gasteiger partial charge in [0, 0.05) is 5.69 Å². The summed E-state index contributed by atoms with van der Waals surface area (Å²) in [7, 11) is 0. The molecule has 2 rings (SSSR count). The lowest BCUT2D eigenvalue weighted by Gasteiger charge is -2.09. The van der Waals surface area contributed by atoms with E-state index < -0.39 is 5.92 Å². The molecule has 0 bridgehead atoms. The first kappa shape index (κ1) is 12.9. The normalized spacial score (nSPS) is 11.9. The summed E-state index contributed by atoms with van der Waals surface area (Å²) < 4.78 is 0. The predicted octanol–water partition coefficient (Wildman–Crippen LogP) is 1.89. The summed E-state index contributed by atoms with van der Waals surface area (Å²) in [6.45, 7) is 3.23. The number of nitrogen functional groups attached to an aromatic ring is 1. The molecule has 1 atom stereocenters. The summed E-state index contributed by atoms with van der Waals surface area (Å²) in [5.41, 5.74) is 6.48. The predicted molar refractivity (Wildman–Crippen MR) is 73.1 cm³/mol. The fourth-order valence-electron chi connectivity index (χ4n) is 1.49. The third-order valence-corrected chi connectivity index (χ3v) is 2.70. The number of rotatable bonds is 4. The van der Waals surface area contributed by atoms with E-state index >= 15 is 0 Å². The number of nitrogens with zero attached hydrogens (tertiary/aromatic N) is 3. The van der Waals surface area contributed by atoms with Crippen molar-refractivity contribution < 1.29 is 4.79 Å². The van der Waals surface area contributed by atoms with E-state index in [0.29, 0.717) is 11.8 Å². The van der Waals surface area contributed by atoms with Crippen molar-refractivity contribution in [1.29, 1.82) is 0 Å². The number of aromatic nitrogens is 3. The standard InChI is InChI=1S/C13H15N5O/c1-8(9(2)19)11-16-12(14)18-13(17-11)15-10-6-4-3-5-7-10/h3-8H,1-2H3,(H3,14,15,16,17,18). The molecule has 0 spiro atoms. The Labute approximate surface area is 111 Å². The molecule has 0 amide bonds. The zero-order chi connectivity index (χ0) is 13.8. The van der Waals surface area contributed by atoms with Crippen LogP contribution in [0.5, 0.6) is 0 Å². The highest BCUT2D eigenvalue weighted by atomic mass is 16.1. The molecule has 6 nitrogen and oxygen atoms in total. The number of hydrogen-bond donors (Lipinski definition) is 2. The van der Waals surface area contributed by atoms with Crippen LogP contribution in [0.2, 0.25) is 0 Å². The Morgan fingerprint density at radius 3 is 2.53 bits per heavy atom. The Bertz CT molecular complexity index is 585. The minimum Gasteiger partial charge on any atom is -0.368 e. The van der Waals surface area contributed by atoms with Gasteiger partial charge in [-0.2, -0.15) is 15.0 Å². The van der Waals surface area contributed by atoms with Crippen LogP contribution in [0, 0.1) is 0 Å². The minimum atomic E-state index is -0.401. The van der Waals surface area contributed by atoms with Crippen LogP contribution >= 0.6 is 0 Å². The summed E-state index contributed by atoms with van der Waals surface area (Å²) in [4.78, 5) is 23.6. The van der Waals surface area contributed by atoms with E-state index in [9.17, 15) is 4.79 Å². The van der Waals surface area contributed by atoms with Crippen LogP contribution in [0.15, 0.2) is 30.3 Å². The monoisotopic (exact) mass is 257 g/mol. The zero-order valence-electron chi connectivity index (χ0n) is 10.8. The quantitative estimate of drug-likeness (QED) is 0.868. The van der Waals surface area contributed by atoms with Crippen LogP contribution in [-0.4, -0.2) is 20.7 Å². The molecule has 3 N–H and O–H groups in total. The van der Waals surface area contributed by atoms with Crippen LogP contribution in [0.4, 0.5) is 17.6 Å². The molecule has 1 aromatic carbocycles. The smallest absolute Gasteiger partial charge is 0.232 e. The molecule has 0 saturated carbocycles. The molecule has 19 heavy (non-hydrogen) atoms. The van der Waals surface area contributed by atoms with E-state index in [-0.39, 0.29) is 11.7 Å². The van der Waals surface area contributed by atoms with Crippen molar-refractivity contribution in [2.75, 3.05) is 11.1 Å². The maximum absolute atomic E-state index is 11.4. The van der Waals surface area contributed by atoms with Gasteiger partial charge in [0.25, 0.3) is 0 Å². The molecule has 0 saturated heterocycles. The Morgan fingerprint density at radius 1 is 1.21 bits per heavy atom. The number of carbonyl (C=O) groups is 1. The first-order chi connectivity index (χ1) is 9.06. The number of benzene rings is 1. The number of anilines is 3. The van der Waals surface area contributed by atoms with Crippen LogP contribution in [0.1, 0.15) is 25.6 Å². The lowest BCUT2D eigenvalue weighted by Crippen LogP contribution is -2.13. The lowest BCUT2D eigenvalue weighted by molar-refractivity contribution is -0.118. The SMILES string of the molecule is CC(=O)C(C)c1nc(N)nc(Nc2ccccc2)n1. The van der Waals surface area contributed by atoms with E-state index in [1.54, 1.807) is 6.92 Å². The molecule has 1 aromatic heterocycles. The van der Waals surface area contributed by atoms with Crippen molar-refractivity contribution in [3.05, 3.63) is 36.2 Å². The molecule has 2 aromatic rings. The minimum absolute atomic E-state index is 0.0174.